The third-order valence-electron chi connectivity index (χ3n) is 4.07. The van der Waals surface area contributed by atoms with Crippen LogP contribution in [-0.2, 0) is 6.42 Å². The average molecular weight is 292 g/mol. The predicted molar refractivity (Wildman–Crippen MR) is 83.0 cm³/mol. The number of carbonyl (C=O) groups is 1. The Kier molecular flexibility index (Phi) is 6.18. The molecule has 0 bridgehead atoms. The van der Waals surface area contributed by atoms with Gasteiger partial charge >= 0.3 is 0 Å². The number of benzene rings is 1. The first-order chi connectivity index (χ1) is 10.2. The second-order valence-corrected chi connectivity index (χ2v) is 5.68. The summed E-state index contributed by atoms with van der Waals surface area (Å²) in [5, 5.41) is 2.81. The van der Waals surface area contributed by atoms with Crippen molar-refractivity contribution >= 4 is 5.91 Å². The summed E-state index contributed by atoms with van der Waals surface area (Å²) in [7, 11) is 0. The summed E-state index contributed by atoms with van der Waals surface area (Å²) in [5.74, 6) is -0.739. The summed E-state index contributed by atoms with van der Waals surface area (Å²) in [4.78, 5) is 14.4. The summed E-state index contributed by atoms with van der Waals surface area (Å²) in [5.41, 5.74) is 1.05. The lowest BCUT2D eigenvalue weighted by Gasteiger charge is -2.26. The smallest absolute Gasteiger partial charge is 0.254 e. The van der Waals surface area contributed by atoms with Crippen molar-refractivity contribution in [3.8, 4) is 0 Å². The van der Waals surface area contributed by atoms with Gasteiger partial charge in [-0.2, -0.15) is 0 Å². The van der Waals surface area contributed by atoms with E-state index in [1.807, 2.05) is 13.0 Å². The van der Waals surface area contributed by atoms with E-state index in [9.17, 15) is 9.18 Å². The summed E-state index contributed by atoms with van der Waals surface area (Å²) in [6.07, 6.45) is 5.58. The van der Waals surface area contributed by atoms with E-state index < -0.39 is 5.82 Å². The largest absolute Gasteiger partial charge is 0.352 e. The SMILES string of the molecule is CCc1ccc(C(=O)NCCCN2CCCCC2)c(F)c1. The van der Waals surface area contributed by atoms with Gasteiger partial charge in [0.15, 0.2) is 0 Å². The molecular formula is C17H25FN2O. The van der Waals surface area contributed by atoms with E-state index in [4.69, 9.17) is 0 Å². The summed E-state index contributed by atoms with van der Waals surface area (Å²) < 4.78 is 13.8. The van der Waals surface area contributed by atoms with Crippen molar-refractivity contribution in [2.75, 3.05) is 26.2 Å². The van der Waals surface area contributed by atoms with Crippen molar-refractivity contribution < 1.29 is 9.18 Å². The lowest BCUT2D eigenvalue weighted by Crippen LogP contribution is -2.33. The third kappa shape index (κ3) is 4.81. The van der Waals surface area contributed by atoms with Gasteiger partial charge in [-0.15, -0.1) is 0 Å². The number of nitrogens with one attached hydrogen (secondary N) is 1. The average Bonchev–Trinajstić information content (AvgIpc) is 2.52. The predicted octanol–water partition coefficient (Wildman–Crippen LogP) is 2.99. The molecule has 0 aromatic heterocycles. The van der Waals surface area contributed by atoms with Crippen molar-refractivity contribution in [1.29, 1.82) is 0 Å². The molecule has 1 saturated heterocycles. The Balaban J connectivity index is 1.74. The van der Waals surface area contributed by atoms with E-state index in [1.165, 1.54) is 38.4 Å². The second kappa shape index (κ2) is 8.13. The van der Waals surface area contributed by atoms with Crippen LogP contribution in [-0.4, -0.2) is 37.0 Å². The first-order valence-corrected chi connectivity index (χ1v) is 7.99. The fraction of sp³-hybridized carbons (Fsp3) is 0.588. The fourth-order valence-electron chi connectivity index (χ4n) is 2.75. The molecular weight excluding hydrogens is 267 g/mol. The molecule has 21 heavy (non-hydrogen) atoms. The summed E-state index contributed by atoms with van der Waals surface area (Å²) in [6.45, 7) is 5.92. The minimum Gasteiger partial charge on any atom is -0.352 e. The van der Waals surface area contributed by atoms with Crippen LogP contribution < -0.4 is 5.32 Å². The molecule has 1 N–H and O–H groups in total. The van der Waals surface area contributed by atoms with Crippen molar-refractivity contribution in [2.45, 2.75) is 39.0 Å². The number of hydrogen-bond donors (Lipinski definition) is 1. The maximum Gasteiger partial charge on any atom is 0.254 e. The Morgan fingerprint density at radius 1 is 1.29 bits per heavy atom. The molecule has 1 aliphatic rings. The summed E-state index contributed by atoms with van der Waals surface area (Å²) >= 11 is 0. The van der Waals surface area contributed by atoms with Crippen LogP contribution in [0.15, 0.2) is 18.2 Å². The molecule has 4 heteroatoms. The summed E-state index contributed by atoms with van der Waals surface area (Å²) in [6, 6.07) is 4.84. The molecule has 0 spiro atoms. The van der Waals surface area contributed by atoms with Gasteiger partial charge in [0.2, 0.25) is 0 Å². The molecule has 1 fully saturated rings. The quantitative estimate of drug-likeness (QED) is 0.818. The maximum atomic E-state index is 13.8. The van der Waals surface area contributed by atoms with Gasteiger partial charge in [0.1, 0.15) is 5.82 Å². The lowest BCUT2D eigenvalue weighted by molar-refractivity contribution is 0.0947. The highest BCUT2D eigenvalue weighted by atomic mass is 19.1. The van der Waals surface area contributed by atoms with Crippen LogP contribution in [0.25, 0.3) is 0 Å². The van der Waals surface area contributed by atoms with Crippen LogP contribution in [0.1, 0.15) is 48.5 Å². The number of nitrogens with zero attached hydrogens (tertiary/aromatic N) is 1. The van der Waals surface area contributed by atoms with Gasteiger partial charge in [-0.25, -0.2) is 4.39 Å². The number of piperidine rings is 1. The molecule has 1 aliphatic heterocycles. The van der Waals surface area contributed by atoms with Gasteiger partial charge < -0.3 is 10.2 Å². The van der Waals surface area contributed by atoms with Crippen LogP contribution in [0.5, 0.6) is 0 Å². The Hall–Kier alpha value is -1.42. The van der Waals surface area contributed by atoms with Gasteiger partial charge in [0.25, 0.3) is 5.91 Å². The fourth-order valence-corrected chi connectivity index (χ4v) is 2.75. The number of likely N-dealkylation sites (tertiary alicyclic amines) is 1. The van der Waals surface area contributed by atoms with Crippen molar-refractivity contribution in [3.05, 3.63) is 35.1 Å². The molecule has 0 aliphatic carbocycles. The van der Waals surface area contributed by atoms with Gasteiger partial charge in [-0.05, 0) is 63.0 Å². The lowest BCUT2D eigenvalue weighted by atomic mass is 10.1. The molecule has 0 radical (unpaired) electrons. The van der Waals surface area contributed by atoms with Gasteiger partial charge in [0, 0.05) is 6.54 Å². The third-order valence-corrected chi connectivity index (χ3v) is 4.07. The molecule has 1 amide bonds. The molecule has 0 saturated carbocycles. The Labute approximate surface area is 126 Å². The van der Waals surface area contributed by atoms with Crippen molar-refractivity contribution in [1.82, 2.24) is 10.2 Å². The van der Waals surface area contributed by atoms with E-state index in [1.54, 1.807) is 6.07 Å². The van der Waals surface area contributed by atoms with Crippen LogP contribution in [0, 0.1) is 5.82 Å². The molecule has 1 aromatic carbocycles. The standard InChI is InChI=1S/C17H25FN2O/c1-2-14-7-8-15(16(18)13-14)17(21)19-9-6-12-20-10-4-3-5-11-20/h7-8,13H,2-6,9-12H2,1H3,(H,19,21). The van der Waals surface area contributed by atoms with E-state index in [2.05, 4.69) is 10.2 Å². The molecule has 1 aromatic rings. The highest BCUT2D eigenvalue weighted by molar-refractivity contribution is 5.94. The topological polar surface area (TPSA) is 32.3 Å². The number of halogens is 1. The molecule has 3 nitrogen and oxygen atoms in total. The van der Waals surface area contributed by atoms with E-state index in [-0.39, 0.29) is 11.5 Å². The first kappa shape index (κ1) is 16.0. The molecule has 1 heterocycles. The van der Waals surface area contributed by atoms with Crippen LogP contribution >= 0.6 is 0 Å². The molecule has 0 unspecified atom stereocenters. The van der Waals surface area contributed by atoms with E-state index in [0.717, 1.165) is 24.9 Å². The minimum atomic E-state index is -0.428. The maximum absolute atomic E-state index is 13.8. The monoisotopic (exact) mass is 292 g/mol. The minimum absolute atomic E-state index is 0.144. The number of carbonyl (C=O) groups excluding carboxylic acids is 1. The number of rotatable bonds is 6. The number of hydrogen-bond acceptors (Lipinski definition) is 2. The highest BCUT2D eigenvalue weighted by Crippen LogP contribution is 2.11. The van der Waals surface area contributed by atoms with Gasteiger partial charge in [0.05, 0.1) is 5.56 Å². The van der Waals surface area contributed by atoms with Crippen LogP contribution in [0.3, 0.4) is 0 Å². The first-order valence-electron chi connectivity index (χ1n) is 7.99. The van der Waals surface area contributed by atoms with Gasteiger partial charge in [-0.1, -0.05) is 19.4 Å². The van der Waals surface area contributed by atoms with Crippen molar-refractivity contribution in [3.63, 3.8) is 0 Å². The zero-order chi connectivity index (χ0) is 15.1. The Bertz CT molecular complexity index is 470. The Morgan fingerprint density at radius 2 is 2.05 bits per heavy atom. The van der Waals surface area contributed by atoms with Gasteiger partial charge in [-0.3, -0.25) is 4.79 Å². The zero-order valence-corrected chi connectivity index (χ0v) is 12.8. The van der Waals surface area contributed by atoms with E-state index in [0.29, 0.717) is 6.54 Å². The number of amides is 1. The zero-order valence-electron chi connectivity index (χ0n) is 12.8. The molecule has 2 rings (SSSR count). The van der Waals surface area contributed by atoms with Crippen LogP contribution in [0.2, 0.25) is 0 Å². The highest BCUT2D eigenvalue weighted by Gasteiger charge is 2.12. The Morgan fingerprint density at radius 3 is 2.71 bits per heavy atom. The number of aryl methyl sites for hydroxylation is 1. The van der Waals surface area contributed by atoms with E-state index >= 15 is 0 Å². The van der Waals surface area contributed by atoms with Crippen molar-refractivity contribution in [2.24, 2.45) is 0 Å². The normalized spacial score (nSPS) is 15.9. The van der Waals surface area contributed by atoms with Crippen LogP contribution in [0.4, 0.5) is 4.39 Å². The molecule has 0 atom stereocenters. The second-order valence-electron chi connectivity index (χ2n) is 5.68. The molecule has 116 valence electrons.